The molecule has 5 rings (SSSR count). The van der Waals surface area contributed by atoms with Crippen LogP contribution in [0.3, 0.4) is 0 Å². The van der Waals surface area contributed by atoms with Crippen LogP contribution in [0.25, 0.3) is 32.9 Å². The lowest BCUT2D eigenvalue weighted by molar-refractivity contribution is -0.136. The largest absolute Gasteiger partial charge is 0.488 e. The Morgan fingerprint density at radius 3 is 2.64 bits per heavy atom. The second-order valence-corrected chi connectivity index (χ2v) is 8.02. The van der Waals surface area contributed by atoms with Crippen LogP contribution in [-0.4, -0.2) is 11.1 Å². The maximum atomic E-state index is 11.4. The Bertz CT molecular complexity index is 1470. The molecule has 0 spiro atoms. The number of aliphatic carboxylic acids is 1. The molecule has 1 heterocycles. The lowest BCUT2D eigenvalue weighted by Gasteiger charge is -2.15. The standard InChI is InChI=1S/C28H23NO4/c29-16-18-4-3-6-21(12-18)25-14-19(13-23-10-11-32-28(23)25)17-33-27-22(15-26(30)31)9-8-20-5-1-2-7-24(20)27/h1-14H,15-17,29H2,(H,30,31). The average molecular weight is 437 g/mol. The summed E-state index contributed by atoms with van der Waals surface area (Å²) in [6.07, 6.45) is 1.58. The van der Waals surface area contributed by atoms with Gasteiger partial charge in [0.1, 0.15) is 17.9 Å². The number of benzene rings is 4. The lowest BCUT2D eigenvalue weighted by atomic mass is 9.99. The zero-order chi connectivity index (χ0) is 22.8. The quantitative estimate of drug-likeness (QED) is 0.330. The fraction of sp³-hybridized carbons (Fsp3) is 0.107. The van der Waals surface area contributed by atoms with Gasteiger partial charge in [0.25, 0.3) is 0 Å². The number of hydrogen-bond donors (Lipinski definition) is 2. The Labute approximate surface area is 191 Å². The van der Waals surface area contributed by atoms with E-state index < -0.39 is 5.97 Å². The first-order valence-corrected chi connectivity index (χ1v) is 10.8. The highest BCUT2D eigenvalue weighted by Crippen LogP contribution is 2.34. The normalized spacial score (nSPS) is 11.2. The van der Waals surface area contributed by atoms with Crippen LogP contribution in [0.2, 0.25) is 0 Å². The molecule has 5 nitrogen and oxygen atoms in total. The summed E-state index contributed by atoms with van der Waals surface area (Å²) in [5.41, 5.74) is 11.3. The van der Waals surface area contributed by atoms with Crippen molar-refractivity contribution in [2.24, 2.45) is 5.73 Å². The number of nitrogens with two attached hydrogens (primary N) is 1. The van der Waals surface area contributed by atoms with Crippen molar-refractivity contribution in [2.45, 2.75) is 19.6 Å². The minimum atomic E-state index is -0.892. The van der Waals surface area contributed by atoms with Crippen LogP contribution in [0.1, 0.15) is 16.7 Å². The maximum Gasteiger partial charge on any atom is 0.307 e. The summed E-state index contributed by atoms with van der Waals surface area (Å²) in [6, 6.07) is 25.7. The van der Waals surface area contributed by atoms with Crippen LogP contribution >= 0.6 is 0 Å². The SMILES string of the molecule is NCc1cccc(-c2cc(COc3c(CC(=O)O)ccc4ccccc34)cc3ccoc23)c1. The van der Waals surface area contributed by atoms with E-state index in [0.29, 0.717) is 24.5 Å². The number of fused-ring (bicyclic) bond motifs is 2. The smallest absolute Gasteiger partial charge is 0.307 e. The molecule has 4 aromatic carbocycles. The minimum absolute atomic E-state index is 0.0991. The summed E-state index contributed by atoms with van der Waals surface area (Å²) in [5, 5.41) is 12.3. The van der Waals surface area contributed by atoms with Gasteiger partial charge in [-0.2, -0.15) is 0 Å². The Morgan fingerprint density at radius 2 is 1.79 bits per heavy atom. The predicted octanol–water partition coefficient (Wildman–Crippen LogP) is 5.92. The molecule has 0 atom stereocenters. The van der Waals surface area contributed by atoms with Crippen molar-refractivity contribution in [2.75, 3.05) is 0 Å². The molecule has 0 radical (unpaired) electrons. The zero-order valence-electron chi connectivity index (χ0n) is 18.0. The Hall–Kier alpha value is -4.09. The minimum Gasteiger partial charge on any atom is -0.488 e. The molecular weight excluding hydrogens is 414 g/mol. The third-order valence-electron chi connectivity index (χ3n) is 5.77. The van der Waals surface area contributed by atoms with E-state index in [1.165, 1.54) is 0 Å². The van der Waals surface area contributed by atoms with Gasteiger partial charge in [-0.1, -0.05) is 54.6 Å². The molecule has 0 bridgehead atoms. The molecule has 0 amide bonds. The Balaban J connectivity index is 1.55. The van der Waals surface area contributed by atoms with Gasteiger partial charge >= 0.3 is 5.97 Å². The molecular formula is C28H23NO4. The highest BCUT2D eigenvalue weighted by atomic mass is 16.5. The summed E-state index contributed by atoms with van der Waals surface area (Å²) >= 11 is 0. The third-order valence-corrected chi connectivity index (χ3v) is 5.77. The number of hydrogen-bond acceptors (Lipinski definition) is 4. The molecule has 0 aliphatic rings. The second kappa shape index (κ2) is 8.81. The average Bonchev–Trinajstić information content (AvgIpc) is 3.31. The summed E-state index contributed by atoms with van der Waals surface area (Å²) in [7, 11) is 0. The molecule has 0 aliphatic heterocycles. The van der Waals surface area contributed by atoms with Gasteiger partial charge < -0.3 is 20.0 Å². The van der Waals surface area contributed by atoms with Crippen molar-refractivity contribution in [1.82, 2.24) is 0 Å². The van der Waals surface area contributed by atoms with Gasteiger partial charge in [-0.25, -0.2) is 0 Å². The molecule has 1 aromatic heterocycles. The van der Waals surface area contributed by atoms with Crippen molar-refractivity contribution < 1.29 is 19.1 Å². The van der Waals surface area contributed by atoms with E-state index in [2.05, 4.69) is 12.1 Å². The number of ether oxygens (including phenoxy) is 1. The third kappa shape index (κ3) is 4.19. The van der Waals surface area contributed by atoms with Gasteiger partial charge in [0.05, 0.1) is 12.7 Å². The highest BCUT2D eigenvalue weighted by molar-refractivity contribution is 5.93. The summed E-state index contributed by atoms with van der Waals surface area (Å²) in [5.74, 6) is -0.286. The van der Waals surface area contributed by atoms with Crippen LogP contribution in [-0.2, 0) is 24.4 Å². The number of carboxylic acid groups (broad SMARTS) is 1. The molecule has 164 valence electrons. The van der Waals surface area contributed by atoms with Gasteiger partial charge in [-0.15, -0.1) is 0 Å². The van der Waals surface area contributed by atoms with E-state index in [4.69, 9.17) is 14.9 Å². The topological polar surface area (TPSA) is 85.7 Å². The van der Waals surface area contributed by atoms with Crippen LogP contribution in [0.5, 0.6) is 5.75 Å². The van der Waals surface area contributed by atoms with Crippen molar-refractivity contribution in [1.29, 1.82) is 0 Å². The Morgan fingerprint density at radius 1 is 0.909 bits per heavy atom. The van der Waals surface area contributed by atoms with E-state index in [9.17, 15) is 9.90 Å². The van der Waals surface area contributed by atoms with Crippen molar-refractivity contribution in [3.05, 3.63) is 102 Å². The molecule has 3 N–H and O–H groups in total. The maximum absolute atomic E-state index is 11.4. The summed E-state index contributed by atoms with van der Waals surface area (Å²) < 4.78 is 12.1. The molecule has 5 aromatic rings. The molecule has 0 fully saturated rings. The fourth-order valence-corrected chi connectivity index (χ4v) is 4.22. The first kappa shape index (κ1) is 20.8. The number of carbonyl (C=O) groups is 1. The van der Waals surface area contributed by atoms with E-state index in [-0.39, 0.29) is 6.42 Å². The van der Waals surface area contributed by atoms with Gasteiger partial charge in [-0.05, 0) is 46.3 Å². The molecule has 0 aliphatic carbocycles. The molecule has 0 saturated carbocycles. The van der Waals surface area contributed by atoms with E-state index in [1.54, 1.807) is 6.26 Å². The summed E-state index contributed by atoms with van der Waals surface area (Å²) in [6.45, 7) is 0.761. The van der Waals surface area contributed by atoms with Gasteiger partial charge in [0.15, 0.2) is 0 Å². The monoisotopic (exact) mass is 437 g/mol. The summed E-state index contributed by atoms with van der Waals surface area (Å²) in [4.78, 5) is 11.4. The molecule has 33 heavy (non-hydrogen) atoms. The van der Waals surface area contributed by atoms with Crippen LogP contribution in [0.4, 0.5) is 0 Å². The lowest BCUT2D eigenvalue weighted by Crippen LogP contribution is -2.05. The highest BCUT2D eigenvalue weighted by Gasteiger charge is 2.14. The fourth-order valence-electron chi connectivity index (χ4n) is 4.22. The predicted molar refractivity (Wildman–Crippen MR) is 129 cm³/mol. The van der Waals surface area contributed by atoms with E-state index in [1.807, 2.05) is 66.7 Å². The first-order valence-electron chi connectivity index (χ1n) is 10.8. The van der Waals surface area contributed by atoms with Gasteiger partial charge in [-0.3, -0.25) is 4.79 Å². The van der Waals surface area contributed by atoms with Crippen molar-refractivity contribution in [3.63, 3.8) is 0 Å². The van der Waals surface area contributed by atoms with E-state index >= 15 is 0 Å². The van der Waals surface area contributed by atoms with Crippen LogP contribution in [0.15, 0.2) is 89.5 Å². The molecule has 5 heteroatoms. The molecule has 0 unspecified atom stereocenters. The first-order chi connectivity index (χ1) is 16.1. The number of rotatable bonds is 7. The second-order valence-electron chi connectivity index (χ2n) is 8.02. The van der Waals surface area contributed by atoms with Crippen molar-refractivity contribution >= 4 is 27.7 Å². The van der Waals surface area contributed by atoms with Gasteiger partial charge in [0, 0.05) is 28.4 Å². The van der Waals surface area contributed by atoms with Crippen LogP contribution in [0, 0.1) is 0 Å². The molecule has 0 saturated heterocycles. The number of furan rings is 1. The van der Waals surface area contributed by atoms with Crippen LogP contribution < -0.4 is 10.5 Å². The Kier molecular flexibility index (Phi) is 5.55. The van der Waals surface area contributed by atoms with Crippen molar-refractivity contribution in [3.8, 4) is 16.9 Å². The number of carboxylic acids is 1. The van der Waals surface area contributed by atoms with E-state index in [0.717, 1.165) is 44.0 Å². The van der Waals surface area contributed by atoms with Gasteiger partial charge in [0.2, 0.25) is 0 Å². The zero-order valence-corrected chi connectivity index (χ0v) is 18.0.